The molecule has 1 aromatic heterocycles. The summed E-state index contributed by atoms with van der Waals surface area (Å²) in [6, 6.07) is 13.3. The summed E-state index contributed by atoms with van der Waals surface area (Å²) in [5.74, 6) is 0. The first-order valence-corrected chi connectivity index (χ1v) is 12.5. The second-order valence-electron chi connectivity index (χ2n) is 7.16. The van der Waals surface area contributed by atoms with Gasteiger partial charge in [-0.05, 0) is 49.2 Å². The van der Waals surface area contributed by atoms with Crippen molar-refractivity contribution in [3.05, 3.63) is 63.4 Å². The number of aromatic nitrogens is 1. The molecule has 0 bridgehead atoms. The van der Waals surface area contributed by atoms with Gasteiger partial charge in [0.1, 0.15) is 0 Å². The number of piperazine rings is 1. The number of aryl methyl sites for hydroxylation is 2. The summed E-state index contributed by atoms with van der Waals surface area (Å²) in [7, 11) is -3.48. The van der Waals surface area contributed by atoms with Gasteiger partial charge in [0.2, 0.25) is 10.0 Å². The summed E-state index contributed by atoms with van der Waals surface area (Å²) < 4.78 is 28.1. The van der Waals surface area contributed by atoms with Gasteiger partial charge in [-0.3, -0.25) is 0 Å². The molecule has 8 heteroatoms. The molecule has 0 N–H and O–H groups in total. The lowest BCUT2D eigenvalue weighted by Gasteiger charge is -2.33. The van der Waals surface area contributed by atoms with Gasteiger partial charge >= 0.3 is 0 Å². The maximum Gasteiger partial charge on any atom is 0.243 e. The van der Waals surface area contributed by atoms with E-state index in [2.05, 4.69) is 58.3 Å². The number of hydrogen-bond acceptors (Lipinski definition) is 5. The molecule has 0 aliphatic carbocycles. The van der Waals surface area contributed by atoms with E-state index in [1.54, 1.807) is 33.8 Å². The summed E-state index contributed by atoms with van der Waals surface area (Å²) in [5.41, 5.74) is 4.61. The molecule has 2 aromatic carbocycles. The van der Waals surface area contributed by atoms with E-state index in [0.29, 0.717) is 31.1 Å². The van der Waals surface area contributed by atoms with Gasteiger partial charge in [-0.15, -0.1) is 11.3 Å². The van der Waals surface area contributed by atoms with E-state index in [4.69, 9.17) is 4.98 Å². The van der Waals surface area contributed by atoms with E-state index in [1.807, 2.05) is 6.07 Å². The highest BCUT2D eigenvalue weighted by Crippen LogP contribution is 2.30. The zero-order valence-corrected chi connectivity index (χ0v) is 19.5. The Morgan fingerprint density at radius 3 is 2.45 bits per heavy atom. The number of nitrogens with zero attached hydrogens (tertiary/aromatic N) is 3. The molecule has 0 atom stereocenters. The SMILES string of the molecule is Cc1ccc(-c2csc(N3CCN(S(=O)(=O)c4cccc(Br)c4)CC3)n2)cc1C. The van der Waals surface area contributed by atoms with Crippen LogP contribution in [0.3, 0.4) is 0 Å². The van der Waals surface area contributed by atoms with E-state index in [9.17, 15) is 8.42 Å². The Balaban J connectivity index is 1.46. The van der Waals surface area contributed by atoms with Crippen LogP contribution in [0.4, 0.5) is 5.13 Å². The predicted molar refractivity (Wildman–Crippen MR) is 122 cm³/mol. The highest BCUT2D eigenvalue weighted by atomic mass is 79.9. The fraction of sp³-hybridized carbons (Fsp3) is 0.286. The molecule has 5 nitrogen and oxygen atoms in total. The van der Waals surface area contributed by atoms with Crippen LogP contribution in [0.25, 0.3) is 11.3 Å². The predicted octanol–water partition coefficient (Wildman–Crippen LogP) is 4.70. The number of halogens is 1. The van der Waals surface area contributed by atoms with Crippen LogP contribution in [0.2, 0.25) is 0 Å². The third kappa shape index (κ3) is 4.26. The summed E-state index contributed by atoms with van der Waals surface area (Å²) >= 11 is 4.96. The Kier molecular flexibility index (Phi) is 5.79. The van der Waals surface area contributed by atoms with E-state index in [1.165, 1.54) is 11.1 Å². The highest BCUT2D eigenvalue weighted by Gasteiger charge is 2.29. The monoisotopic (exact) mass is 491 g/mol. The Morgan fingerprint density at radius 2 is 1.76 bits per heavy atom. The molecule has 1 fully saturated rings. The van der Waals surface area contributed by atoms with Gasteiger partial charge in [0.05, 0.1) is 10.6 Å². The van der Waals surface area contributed by atoms with Gasteiger partial charge < -0.3 is 4.90 Å². The minimum absolute atomic E-state index is 0.326. The highest BCUT2D eigenvalue weighted by molar-refractivity contribution is 9.10. The molecule has 0 radical (unpaired) electrons. The molecular formula is C21H22BrN3O2S2. The van der Waals surface area contributed by atoms with E-state index < -0.39 is 10.0 Å². The van der Waals surface area contributed by atoms with Crippen LogP contribution in [-0.4, -0.2) is 43.9 Å². The van der Waals surface area contributed by atoms with Crippen LogP contribution in [0.5, 0.6) is 0 Å². The zero-order chi connectivity index (χ0) is 20.6. The van der Waals surface area contributed by atoms with Crippen molar-refractivity contribution in [1.82, 2.24) is 9.29 Å². The molecule has 0 amide bonds. The molecule has 0 unspecified atom stereocenters. The quantitative estimate of drug-likeness (QED) is 0.530. The lowest BCUT2D eigenvalue weighted by molar-refractivity contribution is 0.385. The number of sulfonamides is 1. The molecule has 29 heavy (non-hydrogen) atoms. The molecular weight excluding hydrogens is 470 g/mol. The molecule has 0 spiro atoms. The second kappa shape index (κ2) is 8.18. The largest absolute Gasteiger partial charge is 0.345 e. The lowest BCUT2D eigenvalue weighted by Crippen LogP contribution is -2.48. The van der Waals surface area contributed by atoms with Crippen molar-refractivity contribution in [3.8, 4) is 11.3 Å². The molecule has 0 saturated carbocycles. The van der Waals surface area contributed by atoms with E-state index in [-0.39, 0.29) is 0 Å². The minimum Gasteiger partial charge on any atom is -0.345 e. The molecule has 1 saturated heterocycles. The molecule has 1 aliphatic rings. The fourth-order valence-electron chi connectivity index (χ4n) is 3.34. The first-order valence-electron chi connectivity index (χ1n) is 9.38. The normalized spacial score (nSPS) is 15.6. The number of benzene rings is 2. The Hall–Kier alpha value is -1.74. The van der Waals surface area contributed by atoms with Crippen molar-refractivity contribution in [3.63, 3.8) is 0 Å². The van der Waals surface area contributed by atoms with E-state index >= 15 is 0 Å². The van der Waals surface area contributed by atoms with Crippen molar-refractivity contribution in [2.24, 2.45) is 0 Å². The molecule has 1 aliphatic heterocycles. The van der Waals surface area contributed by atoms with Crippen molar-refractivity contribution in [1.29, 1.82) is 0 Å². The average molecular weight is 492 g/mol. The van der Waals surface area contributed by atoms with Gasteiger partial charge in [0.25, 0.3) is 0 Å². The third-order valence-electron chi connectivity index (χ3n) is 5.24. The topological polar surface area (TPSA) is 53.5 Å². The maximum absolute atomic E-state index is 12.9. The van der Waals surface area contributed by atoms with Gasteiger partial charge in [0, 0.05) is 41.6 Å². The third-order valence-corrected chi connectivity index (χ3v) is 8.53. The van der Waals surface area contributed by atoms with Crippen molar-refractivity contribution in [2.45, 2.75) is 18.7 Å². The Bertz CT molecular complexity index is 1140. The van der Waals surface area contributed by atoms with Crippen molar-refractivity contribution < 1.29 is 8.42 Å². The summed E-state index contributed by atoms with van der Waals surface area (Å²) in [6.07, 6.45) is 0. The van der Waals surface area contributed by atoms with Gasteiger partial charge in [-0.2, -0.15) is 4.31 Å². The van der Waals surface area contributed by atoms with E-state index in [0.717, 1.165) is 20.9 Å². The number of anilines is 1. The standard InChI is InChI=1S/C21H22BrN3O2S2/c1-15-6-7-17(12-16(15)2)20-14-28-21(23-20)24-8-10-25(11-9-24)29(26,27)19-5-3-4-18(22)13-19/h3-7,12-14H,8-11H2,1-2H3. The van der Waals surface area contributed by atoms with Crippen molar-refractivity contribution in [2.75, 3.05) is 31.1 Å². The Morgan fingerprint density at radius 1 is 1.00 bits per heavy atom. The summed E-state index contributed by atoms with van der Waals surface area (Å²) in [5, 5.41) is 3.02. The molecule has 152 valence electrons. The molecule has 3 aromatic rings. The molecule has 2 heterocycles. The molecule has 4 rings (SSSR count). The fourth-order valence-corrected chi connectivity index (χ4v) is 6.25. The van der Waals surface area contributed by atoms with Crippen LogP contribution in [0.1, 0.15) is 11.1 Å². The van der Waals surface area contributed by atoms with Crippen molar-refractivity contribution >= 4 is 42.4 Å². The average Bonchev–Trinajstić information content (AvgIpc) is 3.20. The second-order valence-corrected chi connectivity index (χ2v) is 10.9. The van der Waals surface area contributed by atoms with Gasteiger partial charge in [-0.1, -0.05) is 34.1 Å². The van der Waals surface area contributed by atoms with Crippen LogP contribution in [-0.2, 0) is 10.0 Å². The minimum atomic E-state index is -3.48. The number of thiazole rings is 1. The smallest absolute Gasteiger partial charge is 0.243 e. The summed E-state index contributed by atoms with van der Waals surface area (Å²) in [6.45, 7) is 6.38. The zero-order valence-electron chi connectivity index (χ0n) is 16.3. The maximum atomic E-state index is 12.9. The number of rotatable bonds is 4. The summed E-state index contributed by atoms with van der Waals surface area (Å²) in [4.78, 5) is 7.30. The lowest BCUT2D eigenvalue weighted by atomic mass is 10.1. The number of hydrogen-bond donors (Lipinski definition) is 0. The van der Waals surface area contributed by atoms with Crippen LogP contribution >= 0.6 is 27.3 Å². The van der Waals surface area contributed by atoms with Crippen LogP contribution in [0, 0.1) is 13.8 Å². The van der Waals surface area contributed by atoms with Crippen LogP contribution < -0.4 is 4.90 Å². The van der Waals surface area contributed by atoms with Gasteiger partial charge in [-0.25, -0.2) is 13.4 Å². The van der Waals surface area contributed by atoms with Gasteiger partial charge in [0.15, 0.2) is 5.13 Å². The Labute approximate surface area is 184 Å². The van der Waals surface area contributed by atoms with Crippen LogP contribution in [0.15, 0.2) is 57.2 Å². The first kappa shape index (κ1) is 20.5. The first-order chi connectivity index (χ1) is 13.8.